The van der Waals surface area contributed by atoms with Gasteiger partial charge in [-0.15, -0.1) is 0 Å². The summed E-state index contributed by atoms with van der Waals surface area (Å²) in [5.74, 6) is -0.382. The van der Waals surface area contributed by atoms with Crippen molar-refractivity contribution in [2.45, 2.75) is 25.5 Å². The van der Waals surface area contributed by atoms with Crippen molar-refractivity contribution in [2.24, 2.45) is 5.73 Å². The Balaban J connectivity index is 2.59. The molecule has 18 heavy (non-hydrogen) atoms. The Morgan fingerprint density at radius 3 is 2.50 bits per heavy atom. The number of hydrogen-bond acceptors (Lipinski definition) is 4. The fourth-order valence-electron chi connectivity index (χ4n) is 1.37. The number of aliphatic hydroxyl groups excluding tert-OH is 1. The molecule has 0 spiro atoms. The van der Waals surface area contributed by atoms with Gasteiger partial charge in [-0.05, 0) is 19.4 Å². The Kier molecular flexibility index (Phi) is 4.84. The lowest BCUT2D eigenvalue weighted by Crippen LogP contribution is -2.45. The predicted octanol–water partition coefficient (Wildman–Crippen LogP) is -0.146. The minimum atomic E-state index is -1.33. The van der Waals surface area contributed by atoms with Crippen LogP contribution in [0.25, 0.3) is 0 Å². The second-order valence-corrected chi connectivity index (χ2v) is 4.76. The highest BCUT2D eigenvalue weighted by Crippen LogP contribution is 2.11. The molecule has 0 saturated heterocycles. The molecule has 1 amide bonds. The SMILES string of the molecule is Cc1ccc(C(N)C(=O)NCC(C)(O)CO)cc1. The number of rotatable bonds is 5. The highest BCUT2D eigenvalue weighted by molar-refractivity contribution is 5.82. The van der Waals surface area contributed by atoms with Gasteiger partial charge in [0.15, 0.2) is 0 Å². The van der Waals surface area contributed by atoms with Crippen molar-refractivity contribution >= 4 is 5.91 Å². The maximum Gasteiger partial charge on any atom is 0.241 e. The molecule has 0 aliphatic heterocycles. The van der Waals surface area contributed by atoms with Crippen LogP contribution >= 0.6 is 0 Å². The van der Waals surface area contributed by atoms with E-state index < -0.39 is 18.2 Å². The molecule has 1 rings (SSSR count). The molecule has 0 aromatic heterocycles. The minimum absolute atomic E-state index is 0.0398. The van der Waals surface area contributed by atoms with Crippen molar-refractivity contribution in [3.8, 4) is 0 Å². The second kappa shape index (κ2) is 5.95. The number of amides is 1. The van der Waals surface area contributed by atoms with Crippen LogP contribution < -0.4 is 11.1 Å². The van der Waals surface area contributed by atoms with Crippen LogP contribution in [0.15, 0.2) is 24.3 Å². The summed E-state index contributed by atoms with van der Waals surface area (Å²) in [5, 5.41) is 20.9. The van der Waals surface area contributed by atoms with E-state index in [0.29, 0.717) is 5.56 Å². The van der Waals surface area contributed by atoms with Crippen molar-refractivity contribution in [1.82, 2.24) is 5.32 Å². The maximum absolute atomic E-state index is 11.8. The third-order valence-corrected chi connectivity index (χ3v) is 2.70. The Hall–Kier alpha value is -1.43. The molecule has 5 heteroatoms. The van der Waals surface area contributed by atoms with Crippen molar-refractivity contribution in [3.05, 3.63) is 35.4 Å². The van der Waals surface area contributed by atoms with Crippen LogP contribution in [0, 0.1) is 6.92 Å². The average molecular weight is 252 g/mol. The van der Waals surface area contributed by atoms with Crippen LogP contribution in [-0.4, -0.2) is 34.9 Å². The quantitative estimate of drug-likeness (QED) is 0.586. The van der Waals surface area contributed by atoms with E-state index in [9.17, 15) is 9.90 Å². The number of carbonyl (C=O) groups is 1. The standard InChI is InChI=1S/C13H20N2O3/c1-9-3-5-10(6-4-9)11(14)12(17)15-7-13(2,18)8-16/h3-6,11,16,18H,7-8,14H2,1-2H3,(H,15,17). The smallest absolute Gasteiger partial charge is 0.241 e. The van der Waals surface area contributed by atoms with Crippen LogP contribution in [0.5, 0.6) is 0 Å². The first kappa shape index (κ1) is 14.6. The summed E-state index contributed by atoms with van der Waals surface area (Å²) in [4.78, 5) is 11.8. The second-order valence-electron chi connectivity index (χ2n) is 4.76. The van der Waals surface area contributed by atoms with E-state index in [4.69, 9.17) is 10.8 Å². The Labute approximate surface area is 107 Å². The summed E-state index contributed by atoms with van der Waals surface area (Å²) < 4.78 is 0. The van der Waals surface area contributed by atoms with E-state index in [0.717, 1.165) is 5.56 Å². The first-order chi connectivity index (χ1) is 8.35. The molecule has 0 fully saturated rings. The number of nitrogens with one attached hydrogen (secondary N) is 1. The van der Waals surface area contributed by atoms with Gasteiger partial charge in [-0.2, -0.15) is 0 Å². The maximum atomic E-state index is 11.8. The monoisotopic (exact) mass is 252 g/mol. The Morgan fingerprint density at radius 1 is 1.44 bits per heavy atom. The molecule has 0 radical (unpaired) electrons. The van der Waals surface area contributed by atoms with Crippen LogP contribution in [0.3, 0.4) is 0 Å². The van der Waals surface area contributed by atoms with E-state index in [1.165, 1.54) is 6.92 Å². The number of aliphatic hydroxyl groups is 2. The molecule has 0 bridgehead atoms. The van der Waals surface area contributed by atoms with E-state index in [-0.39, 0.29) is 12.5 Å². The van der Waals surface area contributed by atoms with Gasteiger partial charge in [-0.1, -0.05) is 29.8 Å². The van der Waals surface area contributed by atoms with E-state index >= 15 is 0 Å². The third-order valence-electron chi connectivity index (χ3n) is 2.70. The third kappa shape index (κ3) is 4.10. The van der Waals surface area contributed by atoms with E-state index in [1.807, 2.05) is 19.1 Å². The Morgan fingerprint density at radius 2 is 2.00 bits per heavy atom. The predicted molar refractivity (Wildman–Crippen MR) is 68.8 cm³/mol. The highest BCUT2D eigenvalue weighted by Gasteiger charge is 2.22. The molecule has 0 aliphatic carbocycles. The molecule has 0 heterocycles. The number of aryl methyl sites for hydroxylation is 1. The van der Waals surface area contributed by atoms with Crippen molar-refractivity contribution in [2.75, 3.05) is 13.2 Å². The van der Waals surface area contributed by atoms with Gasteiger partial charge in [-0.25, -0.2) is 0 Å². The number of nitrogens with two attached hydrogens (primary N) is 1. The van der Waals surface area contributed by atoms with Gasteiger partial charge in [0.2, 0.25) is 5.91 Å². The lowest BCUT2D eigenvalue weighted by Gasteiger charge is -2.22. The minimum Gasteiger partial charge on any atom is -0.393 e. The van der Waals surface area contributed by atoms with Crippen molar-refractivity contribution in [3.63, 3.8) is 0 Å². The molecule has 1 aromatic rings. The van der Waals surface area contributed by atoms with Crippen LogP contribution in [0.1, 0.15) is 24.1 Å². The van der Waals surface area contributed by atoms with Crippen molar-refractivity contribution < 1.29 is 15.0 Å². The average Bonchev–Trinajstić information content (AvgIpc) is 2.36. The number of hydrogen-bond donors (Lipinski definition) is 4. The van der Waals surface area contributed by atoms with Gasteiger partial charge >= 0.3 is 0 Å². The molecule has 0 saturated carbocycles. The van der Waals surface area contributed by atoms with Crippen LogP contribution in [-0.2, 0) is 4.79 Å². The Bertz CT molecular complexity index is 401. The topological polar surface area (TPSA) is 95.6 Å². The van der Waals surface area contributed by atoms with Crippen LogP contribution in [0.4, 0.5) is 0 Å². The first-order valence-corrected chi connectivity index (χ1v) is 5.79. The summed E-state index contributed by atoms with van der Waals surface area (Å²) in [7, 11) is 0. The van der Waals surface area contributed by atoms with Gasteiger partial charge in [0, 0.05) is 6.54 Å². The zero-order valence-corrected chi connectivity index (χ0v) is 10.7. The van der Waals surface area contributed by atoms with Crippen LogP contribution in [0.2, 0.25) is 0 Å². The summed E-state index contributed by atoms with van der Waals surface area (Å²) in [6, 6.07) is 6.58. The fraction of sp³-hybridized carbons (Fsp3) is 0.462. The molecule has 5 N–H and O–H groups in total. The molecule has 2 atom stereocenters. The largest absolute Gasteiger partial charge is 0.393 e. The molecule has 1 aromatic carbocycles. The summed E-state index contributed by atoms with van der Waals surface area (Å²) in [6.07, 6.45) is 0. The molecule has 100 valence electrons. The summed E-state index contributed by atoms with van der Waals surface area (Å²) in [6.45, 7) is 2.92. The lowest BCUT2D eigenvalue weighted by atomic mass is 10.0. The highest BCUT2D eigenvalue weighted by atomic mass is 16.3. The molecular formula is C13H20N2O3. The molecule has 2 unspecified atom stereocenters. The summed E-state index contributed by atoms with van der Waals surface area (Å²) in [5.41, 5.74) is 6.27. The molecular weight excluding hydrogens is 232 g/mol. The first-order valence-electron chi connectivity index (χ1n) is 5.79. The zero-order valence-electron chi connectivity index (χ0n) is 10.7. The van der Waals surface area contributed by atoms with Crippen molar-refractivity contribution in [1.29, 1.82) is 0 Å². The number of carbonyl (C=O) groups excluding carboxylic acids is 1. The number of benzene rings is 1. The summed E-state index contributed by atoms with van der Waals surface area (Å²) >= 11 is 0. The van der Waals surface area contributed by atoms with Gasteiger partial charge in [0.1, 0.15) is 11.6 Å². The molecule has 0 aliphatic rings. The van der Waals surface area contributed by atoms with Gasteiger partial charge in [0.25, 0.3) is 0 Å². The zero-order chi connectivity index (χ0) is 13.8. The van der Waals surface area contributed by atoms with Gasteiger partial charge in [-0.3, -0.25) is 4.79 Å². The van der Waals surface area contributed by atoms with Gasteiger partial charge in [0.05, 0.1) is 6.61 Å². The van der Waals surface area contributed by atoms with E-state index in [2.05, 4.69) is 5.32 Å². The lowest BCUT2D eigenvalue weighted by molar-refractivity contribution is -0.124. The fourth-order valence-corrected chi connectivity index (χ4v) is 1.37. The molecule has 5 nitrogen and oxygen atoms in total. The normalized spacial score (nSPS) is 15.8. The van der Waals surface area contributed by atoms with E-state index in [1.54, 1.807) is 12.1 Å². The van der Waals surface area contributed by atoms with Gasteiger partial charge < -0.3 is 21.3 Å².